The highest BCUT2D eigenvalue weighted by Crippen LogP contribution is 2.37. The molecule has 0 aliphatic rings. The summed E-state index contributed by atoms with van der Waals surface area (Å²) in [6.45, 7) is 0. The standard InChI is InChI=1S/C47H36ClN9/c1-56-41(33-19-11-5-12-20-33)39(31-15-7-3-8-16-31)51-43(56)35-23-27-37(28-24-35)49-46-53-45(48)54-47(55-46)50-38-29-25-36(26-30-38)44-52-40(32-17-9-4-10-18-32)42(57(44)2)34-21-13-6-14-22-34/h3-30H,1-2H3,(H2,49,50,53,54,55). The number of benzene rings is 6. The molecule has 9 nitrogen and oxygen atoms in total. The second kappa shape index (κ2) is 15.4. The Balaban J connectivity index is 0.942. The molecule has 0 atom stereocenters. The molecule has 0 amide bonds. The van der Waals surface area contributed by atoms with E-state index in [0.29, 0.717) is 11.9 Å². The van der Waals surface area contributed by atoms with Crippen LogP contribution in [0.15, 0.2) is 170 Å². The van der Waals surface area contributed by atoms with Crippen LogP contribution in [0, 0.1) is 0 Å². The normalized spacial score (nSPS) is 11.1. The number of anilines is 4. The molecule has 0 saturated carbocycles. The maximum atomic E-state index is 6.40. The van der Waals surface area contributed by atoms with Gasteiger partial charge in [0, 0.05) is 58.9 Å². The van der Waals surface area contributed by atoms with Crippen LogP contribution in [0.1, 0.15) is 0 Å². The Labute approximate surface area is 335 Å². The average molecular weight is 762 g/mol. The monoisotopic (exact) mass is 761 g/mol. The number of nitrogens with one attached hydrogen (secondary N) is 2. The molecular formula is C47H36ClN9. The zero-order valence-electron chi connectivity index (χ0n) is 31.2. The first kappa shape index (κ1) is 35.3. The second-order valence-electron chi connectivity index (χ2n) is 13.5. The van der Waals surface area contributed by atoms with Crippen LogP contribution in [0.5, 0.6) is 0 Å². The van der Waals surface area contributed by atoms with Gasteiger partial charge in [-0.05, 0) is 60.1 Å². The van der Waals surface area contributed by atoms with Gasteiger partial charge in [0.25, 0.3) is 0 Å². The minimum absolute atomic E-state index is 0.0630. The topological polar surface area (TPSA) is 98.4 Å². The molecular weight excluding hydrogens is 726 g/mol. The van der Waals surface area contributed by atoms with Gasteiger partial charge in [-0.2, -0.15) is 15.0 Å². The first-order valence-corrected chi connectivity index (χ1v) is 18.9. The third-order valence-corrected chi connectivity index (χ3v) is 9.95. The minimum Gasteiger partial charge on any atom is -0.327 e. The molecule has 0 bridgehead atoms. The van der Waals surface area contributed by atoms with Gasteiger partial charge in [-0.3, -0.25) is 0 Å². The van der Waals surface area contributed by atoms with Gasteiger partial charge in [0.2, 0.25) is 17.2 Å². The van der Waals surface area contributed by atoms with E-state index in [1.807, 2.05) is 121 Å². The molecule has 276 valence electrons. The fourth-order valence-corrected chi connectivity index (χ4v) is 7.25. The van der Waals surface area contributed by atoms with Gasteiger partial charge in [-0.25, -0.2) is 9.97 Å². The van der Waals surface area contributed by atoms with Gasteiger partial charge in [-0.1, -0.05) is 121 Å². The van der Waals surface area contributed by atoms with Crippen LogP contribution in [0.2, 0.25) is 5.28 Å². The second-order valence-corrected chi connectivity index (χ2v) is 13.8. The van der Waals surface area contributed by atoms with Crippen LogP contribution in [0.4, 0.5) is 23.3 Å². The quantitative estimate of drug-likeness (QED) is 0.143. The predicted molar refractivity (Wildman–Crippen MR) is 230 cm³/mol. The number of hydrogen-bond donors (Lipinski definition) is 2. The number of halogens is 1. The van der Waals surface area contributed by atoms with Crippen molar-refractivity contribution in [2.24, 2.45) is 14.1 Å². The smallest absolute Gasteiger partial charge is 0.233 e. The van der Waals surface area contributed by atoms with Gasteiger partial charge in [-0.15, -0.1) is 0 Å². The van der Waals surface area contributed by atoms with Gasteiger partial charge in [0.05, 0.1) is 22.8 Å². The summed E-state index contributed by atoms with van der Waals surface area (Å²) in [7, 11) is 4.11. The SMILES string of the molecule is Cn1c(-c2ccc(Nc3nc(Cl)nc(Nc4ccc(-c5nc(-c6ccccc6)c(-c6ccccc6)n5C)cc4)n3)cc2)nc(-c2ccccc2)c1-c1ccccc1. The molecule has 9 rings (SSSR count). The maximum Gasteiger partial charge on any atom is 0.233 e. The molecule has 2 N–H and O–H groups in total. The van der Waals surface area contributed by atoms with Crippen LogP contribution < -0.4 is 10.6 Å². The van der Waals surface area contributed by atoms with Crippen molar-refractivity contribution in [3.05, 3.63) is 175 Å². The summed E-state index contributed by atoms with van der Waals surface area (Å²) < 4.78 is 4.30. The summed E-state index contributed by atoms with van der Waals surface area (Å²) >= 11 is 6.40. The van der Waals surface area contributed by atoms with Crippen molar-refractivity contribution in [2.45, 2.75) is 0 Å². The van der Waals surface area contributed by atoms with E-state index in [0.717, 1.165) is 79.2 Å². The van der Waals surface area contributed by atoms with Crippen molar-refractivity contribution in [1.82, 2.24) is 34.1 Å². The maximum absolute atomic E-state index is 6.40. The van der Waals surface area contributed by atoms with Crippen LogP contribution >= 0.6 is 11.6 Å². The van der Waals surface area contributed by atoms with Crippen LogP contribution in [-0.4, -0.2) is 34.1 Å². The van der Waals surface area contributed by atoms with Crippen molar-refractivity contribution in [2.75, 3.05) is 10.6 Å². The molecule has 10 heteroatoms. The minimum atomic E-state index is 0.0630. The van der Waals surface area contributed by atoms with Crippen molar-refractivity contribution < 1.29 is 0 Å². The highest BCUT2D eigenvalue weighted by atomic mass is 35.5. The van der Waals surface area contributed by atoms with E-state index in [9.17, 15) is 0 Å². The zero-order chi connectivity index (χ0) is 38.7. The molecule has 0 spiro atoms. The molecule has 0 unspecified atom stereocenters. The Bertz CT molecular complexity index is 2590. The Kier molecular flexibility index (Phi) is 9.56. The first-order chi connectivity index (χ1) is 28.0. The third-order valence-electron chi connectivity index (χ3n) is 9.79. The van der Waals surface area contributed by atoms with E-state index in [-0.39, 0.29) is 5.28 Å². The molecule has 0 fully saturated rings. The average Bonchev–Trinajstić information content (AvgIpc) is 3.79. The van der Waals surface area contributed by atoms with E-state index in [1.165, 1.54) is 0 Å². The summed E-state index contributed by atoms with van der Waals surface area (Å²) in [5.41, 5.74) is 11.8. The van der Waals surface area contributed by atoms with E-state index >= 15 is 0 Å². The van der Waals surface area contributed by atoms with Crippen molar-refractivity contribution in [3.8, 4) is 67.8 Å². The van der Waals surface area contributed by atoms with E-state index < -0.39 is 0 Å². The molecule has 6 aromatic carbocycles. The third kappa shape index (κ3) is 7.27. The Morgan fingerprint density at radius 3 is 1.05 bits per heavy atom. The Morgan fingerprint density at radius 1 is 0.368 bits per heavy atom. The summed E-state index contributed by atoms with van der Waals surface area (Å²) in [6, 6.07) is 57.3. The molecule has 0 aliphatic heterocycles. The Morgan fingerprint density at radius 2 is 0.702 bits per heavy atom. The molecule has 57 heavy (non-hydrogen) atoms. The van der Waals surface area contributed by atoms with Gasteiger partial charge in [0.15, 0.2) is 0 Å². The van der Waals surface area contributed by atoms with E-state index in [4.69, 9.17) is 21.6 Å². The number of nitrogens with zero attached hydrogens (tertiary/aromatic N) is 7. The Hall–Kier alpha value is -7.36. The largest absolute Gasteiger partial charge is 0.327 e. The summed E-state index contributed by atoms with van der Waals surface area (Å²) in [5, 5.41) is 6.62. The molecule has 3 aromatic heterocycles. The number of rotatable bonds is 10. The van der Waals surface area contributed by atoms with Crippen LogP contribution in [0.3, 0.4) is 0 Å². The van der Waals surface area contributed by atoms with Crippen molar-refractivity contribution >= 4 is 34.9 Å². The molecule has 0 radical (unpaired) electrons. The lowest BCUT2D eigenvalue weighted by atomic mass is 10.1. The molecule has 9 aromatic rings. The van der Waals surface area contributed by atoms with Gasteiger partial charge < -0.3 is 19.8 Å². The van der Waals surface area contributed by atoms with E-state index in [2.05, 4.69) is 97.3 Å². The van der Waals surface area contributed by atoms with Crippen LogP contribution in [-0.2, 0) is 14.1 Å². The van der Waals surface area contributed by atoms with Crippen molar-refractivity contribution in [1.29, 1.82) is 0 Å². The van der Waals surface area contributed by atoms with Crippen LogP contribution in [0.25, 0.3) is 67.8 Å². The van der Waals surface area contributed by atoms with Gasteiger partial charge in [0.1, 0.15) is 11.6 Å². The zero-order valence-corrected chi connectivity index (χ0v) is 31.9. The molecule has 0 aliphatic carbocycles. The lowest BCUT2D eigenvalue weighted by Crippen LogP contribution is -2.04. The lowest BCUT2D eigenvalue weighted by molar-refractivity contribution is 0.933. The first-order valence-electron chi connectivity index (χ1n) is 18.5. The predicted octanol–water partition coefficient (Wildman–Crippen LogP) is 11.5. The summed E-state index contributed by atoms with van der Waals surface area (Å²) in [6.07, 6.45) is 0. The van der Waals surface area contributed by atoms with E-state index in [1.54, 1.807) is 0 Å². The fraction of sp³-hybridized carbons (Fsp3) is 0.0426. The summed E-state index contributed by atoms with van der Waals surface area (Å²) in [4.78, 5) is 23.6. The van der Waals surface area contributed by atoms with Crippen molar-refractivity contribution in [3.63, 3.8) is 0 Å². The number of imidazole rings is 2. The number of aromatic nitrogens is 7. The molecule has 3 heterocycles. The highest BCUT2D eigenvalue weighted by Gasteiger charge is 2.21. The number of hydrogen-bond acceptors (Lipinski definition) is 7. The van der Waals surface area contributed by atoms with Gasteiger partial charge >= 0.3 is 0 Å². The summed E-state index contributed by atoms with van der Waals surface area (Å²) in [5.74, 6) is 2.34. The molecule has 0 saturated heterocycles. The highest BCUT2D eigenvalue weighted by molar-refractivity contribution is 6.28. The lowest BCUT2D eigenvalue weighted by Gasteiger charge is -2.11. The fourth-order valence-electron chi connectivity index (χ4n) is 7.09.